The summed E-state index contributed by atoms with van der Waals surface area (Å²) >= 11 is 0. The molecular weight excluding hydrogens is 226 g/mol. The van der Waals surface area contributed by atoms with Gasteiger partial charge in [0.15, 0.2) is 5.96 Å². The number of rotatable bonds is 2. The number of fused-ring (bicyclic) bond motifs is 1. The highest BCUT2D eigenvalue weighted by Crippen LogP contribution is 2.28. The summed E-state index contributed by atoms with van der Waals surface area (Å²) in [7, 11) is 1.68. The number of guanidine groups is 1. The van der Waals surface area contributed by atoms with Crippen LogP contribution in [0.3, 0.4) is 0 Å². The lowest BCUT2D eigenvalue weighted by atomic mass is 9.99. The number of benzene rings is 2. The highest BCUT2D eigenvalue weighted by atomic mass is 16.5. The van der Waals surface area contributed by atoms with Gasteiger partial charge < -0.3 is 15.8 Å². The van der Waals surface area contributed by atoms with Crippen molar-refractivity contribution in [3.8, 4) is 5.75 Å². The molecule has 0 aromatic heterocycles. The Morgan fingerprint density at radius 1 is 1.33 bits per heavy atom. The van der Waals surface area contributed by atoms with Crippen LogP contribution < -0.4 is 15.8 Å². The molecule has 3 N–H and O–H groups in total. The van der Waals surface area contributed by atoms with Crippen LogP contribution in [0.1, 0.15) is 11.6 Å². The van der Waals surface area contributed by atoms with Crippen molar-refractivity contribution in [3.05, 3.63) is 42.0 Å². The van der Waals surface area contributed by atoms with Crippen molar-refractivity contribution in [3.63, 3.8) is 0 Å². The number of aliphatic imine (C=N–C) groups is 1. The van der Waals surface area contributed by atoms with E-state index in [4.69, 9.17) is 10.5 Å². The zero-order chi connectivity index (χ0) is 12.5. The van der Waals surface area contributed by atoms with Crippen molar-refractivity contribution >= 4 is 16.7 Å². The SMILES string of the molecule is COc1ccc2c(C3CN=C(N)N3)cccc2c1. The smallest absolute Gasteiger partial charge is 0.189 e. The van der Waals surface area contributed by atoms with E-state index in [1.807, 2.05) is 18.2 Å². The number of methoxy groups -OCH3 is 1. The second-order valence-electron chi connectivity index (χ2n) is 4.36. The fourth-order valence-corrected chi connectivity index (χ4v) is 2.35. The molecule has 1 aliphatic heterocycles. The van der Waals surface area contributed by atoms with E-state index in [2.05, 4.69) is 28.5 Å². The van der Waals surface area contributed by atoms with Crippen LogP contribution in [0.15, 0.2) is 41.4 Å². The molecule has 1 aliphatic rings. The van der Waals surface area contributed by atoms with Gasteiger partial charge in [-0.05, 0) is 28.5 Å². The highest BCUT2D eigenvalue weighted by Gasteiger charge is 2.19. The molecule has 0 aliphatic carbocycles. The van der Waals surface area contributed by atoms with E-state index in [-0.39, 0.29) is 6.04 Å². The summed E-state index contributed by atoms with van der Waals surface area (Å²) in [6.45, 7) is 0.691. The van der Waals surface area contributed by atoms with Gasteiger partial charge in [0.1, 0.15) is 5.75 Å². The van der Waals surface area contributed by atoms with Gasteiger partial charge in [0.05, 0.1) is 19.7 Å². The first kappa shape index (κ1) is 10.9. The summed E-state index contributed by atoms with van der Waals surface area (Å²) < 4.78 is 5.25. The topological polar surface area (TPSA) is 59.6 Å². The van der Waals surface area contributed by atoms with Gasteiger partial charge in [-0.15, -0.1) is 0 Å². The van der Waals surface area contributed by atoms with E-state index in [1.165, 1.54) is 16.3 Å². The van der Waals surface area contributed by atoms with E-state index in [9.17, 15) is 0 Å². The Labute approximate surface area is 105 Å². The molecule has 3 rings (SSSR count). The first-order valence-electron chi connectivity index (χ1n) is 5.91. The maximum absolute atomic E-state index is 5.67. The minimum atomic E-state index is 0.169. The van der Waals surface area contributed by atoms with Crippen molar-refractivity contribution in [1.82, 2.24) is 5.32 Å². The van der Waals surface area contributed by atoms with E-state index < -0.39 is 0 Å². The van der Waals surface area contributed by atoms with Gasteiger partial charge in [0, 0.05) is 0 Å². The van der Waals surface area contributed by atoms with Crippen LogP contribution in [-0.4, -0.2) is 19.6 Å². The number of ether oxygens (including phenoxy) is 1. The molecule has 2 aromatic rings. The largest absolute Gasteiger partial charge is 0.497 e. The molecule has 1 atom stereocenters. The lowest BCUT2D eigenvalue weighted by molar-refractivity contribution is 0.415. The number of nitrogens with two attached hydrogens (primary N) is 1. The fraction of sp³-hybridized carbons (Fsp3) is 0.214. The third-order valence-electron chi connectivity index (χ3n) is 3.26. The summed E-state index contributed by atoms with van der Waals surface area (Å²) in [4.78, 5) is 4.19. The predicted octanol–water partition coefficient (Wildman–Crippen LogP) is 1.81. The number of hydrogen-bond acceptors (Lipinski definition) is 4. The van der Waals surface area contributed by atoms with Crippen LogP contribution in [0.5, 0.6) is 5.75 Å². The van der Waals surface area contributed by atoms with E-state index in [0.717, 1.165) is 5.75 Å². The van der Waals surface area contributed by atoms with Gasteiger partial charge in [0.2, 0.25) is 0 Å². The molecule has 92 valence electrons. The zero-order valence-corrected chi connectivity index (χ0v) is 10.2. The third kappa shape index (κ3) is 1.76. The highest BCUT2D eigenvalue weighted by molar-refractivity contribution is 5.89. The minimum Gasteiger partial charge on any atom is -0.497 e. The molecule has 0 spiro atoms. The molecule has 4 heteroatoms. The number of nitrogens with zero attached hydrogens (tertiary/aromatic N) is 1. The van der Waals surface area contributed by atoms with E-state index >= 15 is 0 Å². The molecule has 0 bridgehead atoms. The maximum Gasteiger partial charge on any atom is 0.189 e. The normalized spacial score (nSPS) is 18.5. The summed E-state index contributed by atoms with van der Waals surface area (Å²) in [6.07, 6.45) is 0. The van der Waals surface area contributed by atoms with Gasteiger partial charge in [-0.25, -0.2) is 0 Å². The van der Waals surface area contributed by atoms with Crippen LogP contribution in [0.2, 0.25) is 0 Å². The summed E-state index contributed by atoms with van der Waals surface area (Å²) in [5.74, 6) is 1.39. The molecule has 0 saturated heterocycles. The number of nitrogens with one attached hydrogen (secondary N) is 1. The molecule has 4 nitrogen and oxygen atoms in total. The van der Waals surface area contributed by atoms with E-state index in [1.54, 1.807) is 7.11 Å². The summed E-state index contributed by atoms with van der Waals surface area (Å²) in [5.41, 5.74) is 6.89. The van der Waals surface area contributed by atoms with Crippen molar-refractivity contribution in [2.24, 2.45) is 10.7 Å². The Bertz CT molecular complexity index is 621. The Balaban J connectivity index is 2.07. The van der Waals surface area contributed by atoms with Crippen LogP contribution in [0, 0.1) is 0 Å². The molecular formula is C14H15N3O. The Morgan fingerprint density at radius 2 is 2.22 bits per heavy atom. The Kier molecular flexibility index (Phi) is 2.55. The lowest BCUT2D eigenvalue weighted by Crippen LogP contribution is -2.29. The molecule has 0 radical (unpaired) electrons. The molecule has 1 heterocycles. The van der Waals surface area contributed by atoms with Crippen molar-refractivity contribution in [2.45, 2.75) is 6.04 Å². The second kappa shape index (κ2) is 4.22. The lowest BCUT2D eigenvalue weighted by Gasteiger charge is -2.14. The van der Waals surface area contributed by atoms with Gasteiger partial charge in [-0.3, -0.25) is 4.99 Å². The quantitative estimate of drug-likeness (QED) is 0.843. The monoisotopic (exact) mass is 241 g/mol. The first-order valence-corrected chi connectivity index (χ1v) is 5.91. The molecule has 1 unspecified atom stereocenters. The second-order valence-corrected chi connectivity index (χ2v) is 4.36. The Hall–Kier alpha value is -2.23. The van der Waals surface area contributed by atoms with Crippen molar-refractivity contribution < 1.29 is 4.74 Å². The third-order valence-corrected chi connectivity index (χ3v) is 3.26. The molecule has 0 amide bonds. The van der Waals surface area contributed by atoms with Crippen molar-refractivity contribution in [2.75, 3.05) is 13.7 Å². The van der Waals surface area contributed by atoms with E-state index in [0.29, 0.717) is 12.5 Å². The zero-order valence-electron chi connectivity index (χ0n) is 10.2. The van der Waals surface area contributed by atoms with Crippen LogP contribution in [0.25, 0.3) is 10.8 Å². The standard InChI is InChI=1S/C14H15N3O/c1-18-10-5-6-11-9(7-10)3-2-4-12(11)13-8-16-14(15)17-13/h2-7,13H,8H2,1H3,(H3,15,16,17). The summed E-state index contributed by atoms with van der Waals surface area (Å²) in [5, 5.41) is 5.56. The number of hydrogen-bond donors (Lipinski definition) is 2. The molecule has 2 aromatic carbocycles. The Morgan fingerprint density at radius 3 is 2.94 bits per heavy atom. The van der Waals surface area contributed by atoms with Gasteiger partial charge >= 0.3 is 0 Å². The van der Waals surface area contributed by atoms with Crippen molar-refractivity contribution in [1.29, 1.82) is 0 Å². The first-order chi connectivity index (χ1) is 8.78. The summed E-state index contributed by atoms with van der Waals surface area (Å²) in [6, 6.07) is 12.5. The van der Waals surface area contributed by atoms with Gasteiger partial charge in [-0.2, -0.15) is 0 Å². The maximum atomic E-state index is 5.67. The van der Waals surface area contributed by atoms with Crippen LogP contribution in [0.4, 0.5) is 0 Å². The minimum absolute atomic E-state index is 0.169. The van der Waals surface area contributed by atoms with Gasteiger partial charge in [-0.1, -0.05) is 24.3 Å². The average molecular weight is 241 g/mol. The van der Waals surface area contributed by atoms with Crippen LogP contribution >= 0.6 is 0 Å². The van der Waals surface area contributed by atoms with Gasteiger partial charge in [0.25, 0.3) is 0 Å². The predicted molar refractivity (Wildman–Crippen MR) is 72.9 cm³/mol. The average Bonchev–Trinajstić information content (AvgIpc) is 2.84. The molecule has 0 saturated carbocycles. The molecule has 18 heavy (non-hydrogen) atoms. The fourth-order valence-electron chi connectivity index (χ4n) is 2.35. The molecule has 0 fully saturated rings. The van der Waals surface area contributed by atoms with Crippen LogP contribution in [-0.2, 0) is 0 Å².